The van der Waals surface area contributed by atoms with E-state index in [1.807, 2.05) is 6.92 Å². The molecule has 0 radical (unpaired) electrons. The number of hydrogen-bond donors (Lipinski definition) is 1. The predicted octanol–water partition coefficient (Wildman–Crippen LogP) is 3.11. The number of methoxy groups -OCH3 is 1. The van der Waals surface area contributed by atoms with E-state index >= 15 is 0 Å². The molecule has 0 saturated heterocycles. The van der Waals surface area contributed by atoms with Gasteiger partial charge in [0.15, 0.2) is 0 Å². The maximum absolute atomic E-state index is 12.7. The van der Waals surface area contributed by atoms with Crippen LogP contribution in [0, 0.1) is 11.8 Å². The molecule has 0 aliphatic heterocycles. The van der Waals surface area contributed by atoms with Gasteiger partial charge in [-0.15, -0.1) is 0 Å². The monoisotopic (exact) mass is 253 g/mol. The molecule has 3 atom stereocenters. The van der Waals surface area contributed by atoms with Crippen LogP contribution in [-0.4, -0.2) is 25.4 Å². The van der Waals surface area contributed by atoms with Crippen molar-refractivity contribution in [2.24, 2.45) is 17.6 Å². The van der Waals surface area contributed by atoms with Crippen LogP contribution in [0.25, 0.3) is 0 Å². The van der Waals surface area contributed by atoms with Gasteiger partial charge in [0.05, 0.1) is 5.92 Å². The number of hydrogen-bond acceptors (Lipinski definition) is 2. The third-order valence-corrected chi connectivity index (χ3v) is 4.02. The first-order valence-electron chi connectivity index (χ1n) is 6.14. The van der Waals surface area contributed by atoms with E-state index in [0.29, 0.717) is 19.4 Å². The summed E-state index contributed by atoms with van der Waals surface area (Å²) in [4.78, 5) is 0. The molecule has 2 nitrogen and oxygen atoms in total. The van der Waals surface area contributed by atoms with E-state index in [-0.39, 0.29) is 18.8 Å². The van der Waals surface area contributed by atoms with E-state index < -0.39 is 17.6 Å². The van der Waals surface area contributed by atoms with Crippen molar-refractivity contribution in [1.29, 1.82) is 0 Å². The molecular weight excluding hydrogens is 231 g/mol. The Morgan fingerprint density at radius 2 is 2.12 bits per heavy atom. The molecule has 0 bridgehead atoms. The third kappa shape index (κ3) is 3.85. The molecule has 2 N–H and O–H groups in total. The SMILES string of the molecule is COCCC(C)C1(N)CCCC(C(F)(F)F)C1. The van der Waals surface area contributed by atoms with E-state index in [2.05, 4.69) is 0 Å². The first kappa shape index (κ1) is 14.8. The molecular formula is C12H22F3NO. The topological polar surface area (TPSA) is 35.2 Å². The fraction of sp³-hybridized carbons (Fsp3) is 1.00. The summed E-state index contributed by atoms with van der Waals surface area (Å²) in [5, 5.41) is 0. The van der Waals surface area contributed by atoms with E-state index in [9.17, 15) is 13.2 Å². The summed E-state index contributed by atoms with van der Waals surface area (Å²) in [5.41, 5.74) is 5.49. The van der Waals surface area contributed by atoms with Crippen LogP contribution in [0.3, 0.4) is 0 Å². The molecule has 102 valence electrons. The van der Waals surface area contributed by atoms with E-state index in [1.165, 1.54) is 0 Å². The van der Waals surface area contributed by atoms with Gasteiger partial charge in [-0.1, -0.05) is 13.3 Å². The zero-order chi connectivity index (χ0) is 13.1. The maximum atomic E-state index is 12.7. The van der Waals surface area contributed by atoms with Crippen molar-refractivity contribution in [3.8, 4) is 0 Å². The summed E-state index contributed by atoms with van der Waals surface area (Å²) in [6.45, 7) is 2.48. The molecule has 0 aromatic heterocycles. The number of rotatable bonds is 4. The Balaban J connectivity index is 2.62. The Morgan fingerprint density at radius 3 is 2.65 bits per heavy atom. The average Bonchev–Trinajstić information content (AvgIpc) is 2.24. The van der Waals surface area contributed by atoms with Crippen molar-refractivity contribution < 1.29 is 17.9 Å². The van der Waals surface area contributed by atoms with Gasteiger partial charge in [-0.2, -0.15) is 13.2 Å². The molecule has 1 saturated carbocycles. The third-order valence-electron chi connectivity index (χ3n) is 4.02. The van der Waals surface area contributed by atoms with Gasteiger partial charge in [-0.3, -0.25) is 0 Å². The highest BCUT2D eigenvalue weighted by atomic mass is 19.4. The second kappa shape index (κ2) is 5.57. The second-order valence-corrected chi connectivity index (χ2v) is 5.25. The summed E-state index contributed by atoms with van der Waals surface area (Å²) in [7, 11) is 1.59. The van der Waals surface area contributed by atoms with Gasteiger partial charge in [0.2, 0.25) is 0 Å². The molecule has 1 rings (SSSR count). The molecule has 3 unspecified atom stereocenters. The fourth-order valence-corrected chi connectivity index (χ4v) is 2.65. The summed E-state index contributed by atoms with van der Waals surface area (Å²) in [6, 6.07) is 0. The molecule has 0 heterocycles. The molecule has 0 aromatic carbocycles. The zero-order valence-corrected chi connectivity index (χ0v) is 10.5. The van der Waals surface area contributed by atoms with Crippen LogP contribution in [0.2, 0.25) is 0 Å². The van der Waals surface area contributed by atoms with Crippen LogP contribution in [0.15, 0.2) is 0 Å². The summed E-state index contributed by atoms with van der Waals surface area (Å²) in [5.74, 6) is -1.17. The number of nitrogens with two attached hydrogens (primary N) is 1. The lowest BCUT2D eigenvalue weighted by atomic mass is 9.69. The number of ether oxygens (including phenoxy) is 1. The maximum Gasteiger partial charge on any atom is 0.391 e. The normalized spacial score (nSPS) is 32.5. The largest absolute Gasteiger partial charge is 0.391 e. The van der Waals surface area contributed by atoms with Crippen LogP contribution in [0.1, 0.15) is 39.0 Å². The van der Waals surface area contributed by atoms with E-state index in [1.54, 1.807) is 7.11 Å². The minimum Gasteiger partial charge on any atom is -0.385 e. The van der Waals surface area contributed by atoms with Crippen LogP contribution < -0.4 is 5.73 Å². The van der Waals surface area contributed by atoms with Crippen molar-refractivity contribution in [1.82, 2.24) is 0 Å². The smallest absolute Gasteiger partial charge is 0.385 e. The van der Waals surface area contributed by atoms with Gasteiger partial charge in [0, 0.05) is 19.3 Å². The number of alkyl halides is 3. The minimum atomic E-state index is -4.11. The van der Waals surface area contributed by atoms with Crippen LogP contribution in [-0.2, 0) is 4.74 Å². The van der Waals surface area contributed by atoms with E-state index in [0.717, 1.165) is 6.42 Å². The number of halogens is 3. The molecule has 1 aliphatic carbocycles. The lowest BCUT2D eigenvalue weighted by molar-refractivity contribution is -0.189. The molecule has 0 aromatic rings. The minimum absolute atomic E-state index is 0.0569. The molecule has 0 amide bonds. The van der Waals surface area contributed by atoms with Crippen molar-refractivity contribution in [2.45, 2.75) is 50.7 Å². The highest BCUT2D eigenvalue weighted by molar-refractivity contribution is 4.96. The Morgan fingerprint density at radius 1 is 1.47 bits per heavy atom. The van der Waals surface area contributed by atoms with Crippen molar-refractivity contribution in [3.05, 3.63) is 0 Å². The summed E-state index contributed by atoms with van der Waals surface area (Å²) in [6.07, 6.45) is -1.85. The van der Waals surface area contributed by atoms with Gasteiger partial charge in [0.1, 0.15) is 0 Å². The van der Waals surface area contributed by atoms with Crippen molar-refractivity contribution in [2.75, 3.05) is 13.7 Å². The molecule has 17 heavy (non-hydrogen) atoms. The van der Waals surface area contributed by atoms with Crippen LogP contribution in [0.5, 0.6) is 0 Å². The average molecular weight is 253 g/mol. The highest BCUT2D eigenvalue weighted by Gasteiger charge is 2.47. The van der Waals surface area contributed by atoms with Crippen molar-refractivity contribution >= 4 is 0 Å². The lowest BCUT2D eigenvalue weighted by Gasteiger charge is -2.42. The fourth-order valence-electron chi connectivity index (χ4n) is 2.65. The molecule has 0 spiro atoms. The quantitative estimate of drug-likeness (QED) is 0.835. The van der Waals surface area contributed by atoms with E-state index in [4.69, 9.17) is 10.5 Å². The Kier molecular flexibility index (Phi) is 4.84. The highest BCUT2D eigenvalue weighted by Crippen LogP contribution is 2.43. The van der Waals surface area contributed by atoms with Gasteiger partial charge < -0.3 is 10.5 Å². The summed E-state index contributed by atoms with van der Waals surface area (Å²) < 4.78 is 43.1. The van der Waals surface area contributed by atoms with Gasteiger partial charge in [-0.25, -0.2) is 0 Å². The lowest BCUT2D eigenvalue weighted by Crippen LogP contribution is -2.52. The zero-order valence-electron chi connectivity index (χ0n) is 10.5. The molecule has 1 fully saturated rings. The van der Waals surface area contributed by atoms with Crippen LogP contribution >= 0.6 is 0 Å². The summed E-state index contributed by atoms with van der Waals surface area (Å²) >= 11 is 0. The Labute approximate surface area is 101 Å². The molecule has 1 aliphatic rings. The van der Waals surface area contributed by atoms with Gasteiger partial charge in [0.25, 0.3) is 0 Å². The van der Waals surface area contributed by atoms with Crippen LogP contribution in [0.4, 0.5) is 13.2 Å². The second-order valence-electron chi connectivity index (χ2n) is 5.25. The predicted molar refractivity (Wildman–Crippen MR) is 60.6 cm³/mol. The first-order valence-corrected chi connectivity index (χ1v) is 6.14. The Hall–Kier alpha value is -0.290. The van der Waals surface area contributed by atoms with Gasteiger partial charge in [-0.05, 0) is 31.6 Å². The molecule has 5 heteroatoms. The van der Waals surface area contributed by atoms with Crippen molar-refractivity contribution in [3.63, 3.8) is 0 Å². The Bertz CT molecular complexity index is 244. The standard InChI is InChI=1S/C12H22F3NO/c1-9(5-7-17-2)11(16)6-3-4-10(8-11)12(13,14)15/h9-10H,3-8,16H2,1-2H3. The first-order chi connectivity index (χ1) is 7.79. The van der Waals surface area contributed by atoms with Gasteiger partial charge >= 0.3 is 6.18 Å².